The Bertz CT molecular complexity index is 1830. The maximum absolute atomic E-state index is 14.3. The number of benzene rings is 3. The highest BCUT2D eigenvalue weighted by molar-refractivity contribution is 5.89. The highest BCUT2D eigenvalue weighted by Crippen LogP contribution is 2.33. The number of ether oxygens (including phenoxy) is 2. The number of hydrogen-bond donors (Lipinski definition) is 3. The predicted molar refractivity (Wildman–Crippen MR) is 171 cm³/mol. The van der Waals surface area contributed by atoms with Crippen molar-refractivity contribution >= 4 is 39.8 Å². The van der Waals surface area contributed by atoms with Crippen molar-refractivity contribution < 1.29 is 19.1 Å². The first-order valence-electron chi connectivity index (χ1n) is 14.6. The molecule has 4 heterocycles. The molecule has 3 aliphatic rings. The number of nitrogens with zero attached hydrogens (tertiary/aromatic N) is 2. The lowest BCUT2D eigenvalue weighted by Crippen LogP contribution is -2.35. The van der Waals surface area contributed by atoms with E-state index in [2.05, 4.69) is 22.2 Å². The molecule has 0 spiro atoms. The van der Waals surface area contributed by atoms with E-state index in [0.717, 1.165) is 33.3 Å². The van der Waals surface area contributed by atoms with Gasteiger partial charge in [-0.3, -0.25) is 14.9 Å². The molecule has 1 fully saturated rings. The van der Waals surface area contributed by atoms with Gasteiger partial charge in [0.1, 0.15) is 12.6 Å². The molecule has 1 saturated heterocycles. The lowest BCUT2D eigenvalue weighted by molar-refractivity contribution is -0.131. The van der Waals surface area contributed by atoms with Gasteiger partial charge in [0.05, 0.1) is 13.2 Å². The molecule has 44 heavy (non-hydrogen) atoms. The Balaban J connectivity index is 1.42. The Morgan fingerprint density at radius 1 is 1.00 bits per heavy atom. The molecule has 0 unspecified atom stereocenters. The van der Waals surface area contributed by atoms with E-state index in [-0.39, 0.29) is 30.5 Å². The standard InChI is InChI=1S/C34H35N5O5/c1-20-15-24-6-9-28(20)21(2)19-44-34(42)37-26-8-10-30(39-13-14-43-22(39)3)25(16-26)18-38(4)33(41)31(24)36-27-7-5-23-11-12-35-32(40)29(23)17-27/h5-12,15-17,21,31,36H,3,13-14,18-19H2,1-2,4H3,(H,35,40)(H,37,42)/t21-,31+/m0/s1. The quantitative estimate of drug-likeness (QED) is 0.282. The molecule has 0 saturated carbocycles. The number of aromatic amines is 1. The molecule has 10 heteroatoms. The molecule has 10 nitrogen and oxygen atoms in total. The lowest BCUT2D eigenvalue weighted by Gasteiger charge is -2.29. The first-order valence-corrected chi connectivity index (χ1v) is 14.6. The van der Waals surface area contributed by atoms with Gasteiger partial charge in [0.2, 0.25) is 5.91 Å². The van der Waals surface area contributed by atoms with Crippen LogP contribution in [-0.2, 0) is 20.8 Å². The van der Waals surface area contributed by atoms with Crippen LogP contribution in [0.1, 0.15) is 41.1 Å². The number of carbonyl (C=O) groups is 2. The Morgan fingerprint density at radius 3 is 2.61 bits per heavy atom. The number of likely N-dealkylation sites (N-methyl/N-ethyl adjacent to an activating group) is 1. The summed E-state index contributed by atoms with van der Waals surface area (Å²) in [6.45, 7) is 9.57. The Morgan fingerprint density at radius 2 is 1.84 bits per heavy atom. The van der Waals surface area contributed by atoms with Crippen LogP contribution in [-0.4, -0.2) is 48.7 Å². The molecular formula is C34H35N5O5. The minimum atomic E-state index is -0.746. The number of aryl methyl sites for hydroxylation is 1. The van der Waals surface area contributed by atoms with Crippen molar-refractivity contribution in [2.75, 3.05) is 42.3 Å². The molecule has 3 aliphatic heterocycles. The first-order chi connectivity index (χ1) is 21.2. The van der Waals surface area contributed by atoms with Crippen LogP contribution < -0.4 is 21.1 Å². The van der Waals surface area contributed by atoms with Gasteiger partial charge in [-0.2, -0.15) is 0 Å². The number of hydrogen-bond acceptors (Lipinski definition) is 7. The third-order valence-corrected chi connectivity index (χ3v) is 8.24. The Kier molecular flexibility index (Phi) is 7.73. The van der Waals surface area contributed by atoms with Gasteiger partial charge in [-0.05, 0) is 77.5 Å². The third kappa shape index (κ3) is 5.70. The van der Waals surface area contributed by atoms with Gasteiger partial charge in [-0.25, -0.2) is 4.79 Å². The van der Waals surface area contributed by atoms with Crippen molar-refractivity contribution in [2.45, 2.75) is 32.4 Å². The summed E-state index contributed by atoms with van der Waals surface area (Å²) in [5.74, 6) is 0.288. The molecule has 3 N–H and O–H groups in total. The van der Waals surface area contributed by atoms with Crippen LogP contribution >= 0.6 is 0 Å². The van der Waals surface area contributed by atoms with Crippen molar-refractivity contribution in [2.24, 2.45) is 0 Å². The van der Waals surface area contributed by atoms with Gasteiger partial charge in [-0.15, -0.1) is 0 Å². The first kappa shape index (κ1) is 28.9. The van der Waals surface area contributed by atoms with Crippen molar-refractivity contribution in [3.8, 4) is 0 Å². The third-order valence-electron chi connectivity index (χ3n) is 8.24. The number of nitrogens with one attached hydrogen (secondary N) is 3. The molecule has 2 amide bonds. The lowest BCUT2D eigenvalue weighted by atomic mass is 9.93. The second kappa shape index (κ2) is 11.8. The molecule has 4 aromatic rings. The minimum Gasteiger partial charge on any atom is -0.477 e. The summed E-state index contributed by atoms with van der Waals surface area (Å²) in [4.78, 5) is 45.9. The maximum Gasteiger partial charge on any atom is 0.411 e. The highest BCUT2D eigenvalue weighted by Gasteiger charge is 2.28. The van der Waals surface area contributed by atoms with Crippen molar-refractivity contribution in [1.29, 1.82) is 0 Å². The molecule has 226 valence electrons. The van der Waals surface area contributed by atoms with Crippen molar-refractivity contribution in [1.82, 2.24) is 9.88 Å². The summed E-state index contributed by atoms with van der Waals surface area (Å²) in [6.07, 6.45) is 1.07. The fourth-order valence-corrected chi connectivity index (χ4v) is 5.92. The monoisotopic (exact) mass is 593 g/mol. The van der Waals surface area contributed by atoms with Crippen LogP contribution in [0.2, 0.25) is 0 Å². The minimum absolute atomic E-state index is 0.0705. The number of pyridine rings is 1. The van der Waals surface area contributed by atoms with Crippen LogP contribution in [0.4, 0.5) is 21.9 Å². The van der Waals surface area contributed by atoms with Crippen molar-refractivity contribution in [3.05, 3.63) is 112 Å². The molecule has 7 rings (SSSR count). The van der Waals surface area contributed by atoms with Crippen molar-refractivity contribution in [3.63, 3.8) is 0 Å². The Hall–Kier alpha value is -5.25. The van der Waals surface area contributed by atoms with E-state index < -0.39 is 12.1 Å². The maximum atomic E-state index is 14.3. The largest absolute Gasteiger partial charge is 0.477 e. The number of H-pyrrole nitrogens is 1. The van der Waals surface area contributed by atoms with Gasteiger partial charge in [0.15, 0.2) is 5.88 Å². The summed E-state index contributed by atoms with van der Waals surface area (Å²) in [6, 6.07) is 18.0. The van der Waals surface area contributed by atoms with Gasteiger partial charge >= 0.3 is 6.09 Å². The summed E-state index contributed by atoms with van der Waals surface area (Å²) < 4.78 is 11.2. The molecule has 1 aromatic heterocycles. The number of rotatable bonds is 3. The van der Waals surface area contributed by atoms with Crippen LogP contribution in [0.5, 0.6) is 0 Å². The molecular weight excluding hydrogens is 558 g/mol. The summed E-state index contributed by atoms with van der Waals surface area (Å²) >= 11 is 0. The summed E-state index contributed by atoms with van der Waals surface area (Å²) in [5.41, 5.74) is 5.40. The van der Waals surface area contributed by atoms with Gasteiger partial charge < -0.3 is 29.6 Å². The van der Waals surface area contributed by atoms with E-state index in [4.69, 9.17) is 9.47 Å². The normalized spacial score (nSPS) is 19.1. The second-order valence-corrected chi connectivity index (χ2v) is 11.4. The topological polar surface area (TPSA) is 116 Å². The highest BCUT2D eigenvalue weighted by atomic mass is 16.5. The van der Waals surface area contributed by atoms with Crippen LogP contribution in [0.25, 0.3) is 10.8 Å². The zero-order valence-corrected chi connectivity index (χ0v) is 25.0. The number of aromatic nitrogens is 1. The number of amides is 2. The fourth-order valence-electron chi connectivity index (χ4n) is 5.92. The molecule has 4 bridgehead atoms. The predicted octanol–water partition coefficient (Wildman–Crippen LogP) is 5.62. The molecule has 2 atom stereocenters. The van der Waals surface area contributed by atoms with Crippen LogP contribution in [0.15, 0.2) is 84.1 Å². The SMILES string of the molecule is C=C1OCCN1c1ccc2cc1CN(C)C(=O)[C@H](Nc1ccc3cc[nH]c(=O)c3c1)c1ccc(c(C)c1)[C@@H](C)COC(=O)N2. The summed E-state index contributed by atoms with van der Waals surface area (Å²) in [7, 11) is 1.75. The average molecular weight is 594 g/mol. The van der Waals surface area contributed by atoms with Crippen LogP contribution in [0.3, 0.4) is 0 Å². The molecule has 3 aromatic carbocycles. The average Bonchev–Trinajstić information content (AvgIpc) is 3.43. The number of anilines is 3. The van der Waals surface area contributed by atoms with E-state index >= 15 is 0 Å². The van der Waals surface area contributed by atoms with E-state index in [9.17, 15) is 14.4 Å². The van der Waals surface area contributed by atoms with E-state index in [1.54, 1.807) is 30.3 Å². The fraction of sp³-hybridized carbons (Fsp3) is 0.265. The summed E-state index contributed by atoms with van der Waals surface area (Å²) in [5, 5.41) is 7.59. The van der Waals surface area contributed by atoms with Gasteiger partial charge in [0, 0.05) is 48.2 Å². The Labute approximate surface area is 255 Å². The van der Waals surface area contributed by atoms with E-state index in [1.807, 2.05) is 67.3 Å². The van der Waals surface area contributed by atoms with Gasteiger partial charge in [0.25, 0.3) is 5.56 Å². The van der Waals surface area contributed by atoms with Gasteiger partial charge in [-0.1, -0.05) is 31.2 Å². The van der Waals surface area contributed by atoms with E-state index in [0.29, 0.717) is 35.8 Å². The smallest absolute Gasteiger partial charge is 0.411 e. The molecule has 0 aliphatic carbocycles. The zero-order valence-electron chi connectivity index (χ0n) is 25.0. The second-order valence-electron chi connectivity index (χ2n) is 11.4. The molecule has 0 radical (unpaired) electrons. The van der Waals surface area contributed by atoms with E-state index in [1.165, 1.54) is 0 Å². The number of fused-ring (bicyclic) bond motifs is 10. The zero-order chi connectivity index (χ0) is 31.0. The number of carbonyl (C=O) groups excluding carboxylic acids is 2. The van der Waals surface area contributed by atoms with Crippen LogP contribution in [0, 0.1) is 6.92 Å².